The lowest BCUT2D eigenvalue weighted by Gasteiger charge is -2.15. The maximum atomic E-state index is 13.3. The van der Waals surface area contributed by atoms with Crippen molar-refractivity contribution in [3.63, 3.8) is 0 Å². The van der Waals surface area contributed by atoms with Crippen LogP contribution in [0.1, 0.15) is 13.8 Å². The molecule has 0 fully saturated rings. The molecule has 28 heavy (non-hydrogen) atoms. The number of halogens is 1. The number of nitrogens with zero attached hydrogens (tertiary/aromatic N) is 2. The first-order chi connectivity index (χ1) is 13.5. The fraction of sp³-hybridized carbons (Fsp3) is 0.130. The smallest absolute Gasteiger partial charge is 0.266 e. The molecule has 4 aromatic rings. The molecular formula is C23H19ClN2O2. The van der Waals surface area contributed by atoms with E-state index in [1.165, 1.54) is 0 Å². The van der Waals surface area contributed by atoms with Crippen molar-refractivity contribution in [1.82, 2.24) is 9.55 Å². The van der Waals surface area contributed by atoms with Gasteiger partial charge in [-0.15, -0.1) is 0 Å². The second-order valence-corrected chi connectivity index (χ2v) is 7.20. The summed E-state index contributed by atoms with van der Waals surface area (Å²) in [7, 11) is 0. The highest BCUT2D eigenvalue weighted by atomic mass is 35.5. The molecular weight excluding hydrogens is 372 g/mol. The van der Waals surface area contributed by atoms with E-state index < -0.39 is 0 Å². The van der Waals surface area contributed by atoms with Crippen LogP contribution in [0.4, 0.5) is 0 Å². The minimum atomic E-state index is -0.118. The Kier molecular flexibility index (Phi) is 4.88. The summed E-state index contributed by atoms with van der Waals surface area (Å²) < 4.78 is 7.35. The van der Waals surface area contributed by atoms with Crippen LogP contribution >= 0.6 is 11.6 Å². The zero-order valence-electron chi connectivity index (χ0n) is 15.6. The molecule has 0 saturated heterocycles. The highest BCUT2D eigenvalue weighted by Crippen LogP contribution is 2.25. The van der Waals surface area contributed by atoms with Crippen molar-refractivity contribution in [2.75, 3.05) is 0 Å². The topological polar surface area (TPSA) is 44.1 Å². The van der Waals surface area contributed by atoms with Crippen molar-refractivity contribution < 1.29 is 4.74 Å². The quantitative estimate of drug-likeness (QED) is 0.462. The zero-order chi connectivity index (χ0) is 19.7. The molecule has 0 bridgehead atoms. The van der Waals surface area contributed by atoms with E-state index in [0.29, 0.717) is 21.7 Å². The van der Waals surface area contributed by atoms with Crippen molar-refractivity contribution in [1.29, 1.82) is 0 Å². The van der Waals surface area contributed by atoms with E-state index in [9.17, 15) is 4.79 Å². The van der Waals surface area contributed by atoms with Crippen LogP contribution in [0.15, 0.2) is 77.6 Å². The van der Waals surface area contributed by atoms with Crippen molar-refractivity contribution in [3.8, 4) is 22.8 Å². The predicted octanol–water partition coefficient (Wildman–Crippen LogP) is 5.49. The third-order valence-electron chi connectivity index (χ3n) is 4.34. The number of rotatable bonds is 4. The van der Waals surface area contributed by atoms with E-state index in [1.54, 1.807) is 22.8 Å². The highest BCUT2D eigenvalue weighted by Gasteiger charge is 2.14. The Morgan fingerprint density at radius 1 is 0.929 bits per heavy atom. The zero-order valence-corrected chi connectivity index (χ0v) is 16.4. The Balaban J connectivity index is 1.95. The third-order valence-corrected chi connectivity index (χ3v) is 4.60. The maximum absolute atomic E-state index is 13.3. The molecule has 1 aromatic heterocycles. The van der Waals surface area contributed by atoms with Gasteiger partial charge >= 0.3 is 0 Å². The van der Waals surface area contributed by atoms with Gasteiger partial charge in [0.15, 0.2) is 0 Å². The standard InChI is InChI=1S/C23H19ClN2O2/c1-15(2)28-19-13-11-18(12-14-19)26-22(16-7-9-17(24)10-8-16)25-21-6-4-3-5-20(21)23(26)27/h3-15H,1-2H3. The Morgan fingerprint density at radius 3 is 2.29 bits per heavy atom. The molecule has 4 nitrogen and oxygen atoms in total. The van der Waals surface area contributed by atoms with Gasteiger partial charge in [0.2, 0.25) is 0 Å². The molecule has 0 spiro atoms. The van der Waals surface area contributed by atoms with Gasteiger partial charge < -0.3 is 4.74 Å². The number of hydrogen-bond acceptors (Lipinski definition) is 3. The average Bonchev–Trinajstić information content (AvgIpc) is 2.69. The molecule has 0 atom stereocenters. The second kappa shape index (κ2) is 7.49. The van der Waals surface area contributed by atoms with Crippen LogP contribution in [0, 0.1) is 0 Å². The van der Waals surface area contributed by atoms with E-state index in [4.69, 9.17) is 21.3 Å². The number of hydrogen-bond donors (Lipinski definition) is 0. The summed E-state index contributed by atoms with van der Waals surface area (Å²) in [5.74, 6) is 1.33. The van der Waals surface area contributed by atoms with E-state index in [1.807, 2.05) is 68.4 Å². The molecule has 140 valence electrons. The van der Waals surface area contributed by atoms with Gasteiger partial charge in [-0.1, -0.05) is 23.7 Å². The Labute approximate surface area is 168 Å². The van der Waals surface area contributed by atoms with E-state index in [-0.39, 0.29) is 11.7 Å². The summed E-state index contributed by atoms with van der Waals surface area (Å²) in [6, 6.07) is 22.2. The molecule has 0 unspecified atom stereocenters. The van der Waals surface area contributed by atoms with Crippen LogP contribution in [-0.4, -0.2) is 15.7 Å². The molecule has 0 saturated carbocycles. The molecule has 0 aliphatic heterocycles. The molecule has 3 aromatic carbocycles. The number of aromatic nitrogens is 2. The molecule has 5 heteroatoms. The number of fused-ring (bicyclic) bond motifs is 1. The van der Waals surface area contributed by atoms with Gasteiger partial charge in [-0.3, -0.25) is 9.36 Å². The fourth-order valence-corrected chi connectivity index (χ4v) is 3.24. The van der Waals surface area contributed by atoms with Gasteiger partial charge in [-0.2, -0.15) is 0 Å². The Bertz CT molecular complexity index is 1180. The maximum Gasteiger partial charge on any atom is 0.266 e. The third kappa shape index (κ3) is 3.51. The predicted molar refractivity (Wildman–Crippen MR) is 114 cm³/mol. The van der Waals surface area contributed by atoms with Crippen LogP contribution in [0.2, 0.25) is 5.02 Å². The summed E-state index contributed by atoms with van der Waals surface area (Å²) in [5.41, 5.74) is 2.08. The average molecular weight is 391 g/mol. The molecule has 0 aliphatic carbocycles. The monoisotopic (exact) mass is 390 g/mol. The first-order valence-electron chi connectivity index (χ1n) is 9.08. The summed E-state index contributed by atoms with van der Waals surface area (Å²) >= 11 is 6.04. The Hall–Kier alpha value is -3.11. The molecule has 4 rings (SSSR count). The van der Waals surface area contributed by atoms with Gasteiger partial charge in [0.25, 0.3) is 5.56 Å². The lowest BCUT2D eigenvalue weighted by atomic mass is 10.1. The summed E-state index contributed by atoms with van der Waals surface area (Å²) in [4.78, 5) is 18.1. The SMILES string of the molecule is CC(C)Oc1ccc(-n2c(-c3ccc(Cl)cc3)nc3ccccc3c2=O)cc1. The molecule has 0 amide bonds. The number of benzene rings is 3. The highest BCUT2D eigenvalue weighted by molar-refractivity contribution is 6.30. The normalized spacial score (nSPS) is 11.1. The van der Waals surface area contributed by atoms with Gasteiger partial charge in [0.1, 0.15) is 11.6 Å². The van der Waals surface area contributed by atoms with E-state index >= 15 is 0 Å². The summed E-state index contributed by atoms with van der Waals surface area (Å²) in [5, 5.41) is 1.20. The first kappa shape index (κ1) is 18.3. The lowest BCUT2D eigenvalue weighted by Crippen LogP contribution is -2.22. The van der Waals surface area contributed by atoms with Gasteiger partial charge in [-0.25, -0.2) is 4.98 Å². The lowest BCUT2D eigenvalue weighted by molar-refractivity contribution is 0.242. The second-order valence-electron chi connectivity index (χ2n) is 6.76. The van der Waals surface area contributed by atoms with Crippen LogP contribution in [0.3, 0.4) is 0 Å². The van der Waals surface area contributed by atoms with E-state index in [0.717, 1.165) is 17.0 Å². The van der Waals surface area contributed by atoms with Gasteiger partial charge in [0.05, 0.1) is 22.7 Å². The van der Waals surface area contributed by atoms with Crippen LogP contribution in [0.25, 0.3) is 28.0 Å². The molecule has 0 aliphatic rings. The van der Waals surface area contributed by atoms with Crippen LogP contribution in [0.5, 0.6) is 5.75 Å². The number of ether oxygens (including phenoxy) is 1. The van der Waals surface area contributed by atoms with Crippen molar-refractivity contribution in [3.05, 3.63) is 88.2 Å². The van der Waals surface area contributed by atoms with Crippen molar-refractivity contribution in [2.24, 2.45) is 0 Å². The largest absolute Gasteiger partial charge is 0.491 e. The summed E-state index contributed by atoms with van der Waals surface area (Å²) in [6.45, 7) is 3.95. The Morgan fingerprint density at radius 2 is 1.61 bits per heavy atom. The molecule has 0 radical (unpaired) electrons. The van der Waals surface area contributed by atoms with Crippen molar-refractivity contribution in [2.45, 2.75) is 20.0 Å². The molecule has 0 N–H and O–H groups in total. The van der Waals surface area contributed by atoms with Gasteiger partial charge in [0, 0.05) is 10.6 Å². The minimum Gasteiger partial charge on any atom is -0.491 e. The van der Waals surface area contributed by atoms with E-state index in [2.05, 4.69) is 0 Å². The van der Waals surface area contributed by atoms with Crippen molar-refractivity contribution >= 4 is 22.5 Å². The first-order valence-corrected chi connectivity index (χ1v) is 9.45. The molecule has 1 heterocycles. The summed E-state index contributed by atoms with van der Waals surface area (Å²) in [6.07, 6.45) is 0.0838. The fourth-order valence-electron chi connectivity index (χ4n) is 3.11. The minimum absolute atomic E-state index is 0.0838. The van der Waals surface area contributed by atoms with Crippen LogP contribution < -0.4 is 10.3 Å². The number of para-hydroxylation sites is 1. The van der Waals surface area contributed by atoms with Crippen LogP contribution in [-0.2, 0) is 0 Å². The van der Waals surface area contributed by atoms with Gasteiger partial charge in [-0.05, 0) is 74.5 Å².